The van der Waals surface area contributed by atoms with Crippen LogP contribution >= 0.6 is 0 Å². The number of rotatable bonds is 6. The van der Waals surface area contributed by atoms with Crippen LogP contribution in [0.5, 0.6) is 23.0 Å². The number of likely N-dealkylation sites (N-methyl/N-ethyl adjacent to an activating group) is 1. The van der Waals surface area contributed by atoms with Gasteiger partial charge in [0.25, 0.3) is 0 Å². The third-order valence-electron chi connectivity index (χ3n) is 4.34. The van der Waals surface area contributed by atoms with Crippen LogP contribution in [0.25, 0.3) is 10.9 Å². The van der Waals surface area contributed by atoms with Gasteiger partial charge in [-0.05, 0) is 56.8 Å². The first kappa shape index (κ1) is 22.9. The van der Waals surface area contributed by atoms with Gasteiger partial charge < -0.3 is 35.0 Å². The summed E-state index contributed by atoms with van der Waals surface area (Å²) < 4.78 is 4.78. The Hall–Kier alpha value is -3.39. The fourth-order valence-electron chi connectivity index (χ4n) is 2.78. The van der Waals surface area contributed by atoms with E-state index in [0.717, 1.165) is 36.0 Å². The third kappa shape index (κ3) is 5.81. The van der Waals surface area contributed by atoms with Crippen LogP contribution in [0, 0.1) is 0 Å². The van der Waals surface area contributed by atoms with Gasteiger partial charge in [-0.15, -0.1) is 0 Å². The second-order valence-electron chi connectivity index (χ2n) is 7.07. The van der Waals surface area contributed by atoms with Crippen molar-refractivity contribution in [2.45, 2.75) is 19.8 Å². The number of carbonyl (C=O) groups excluding carboxylic acids is 1. The van der Waals surface area contributed by atoms with Gasteiger partial charge in [-0.1, -0.05) is 13.0 Å². The van der Waals surface area contributed by atoms with Crippen LogP contribution in [0.2, 0.25) is 0 Å². The quantitative estimate of drug-likeness (QED) is 0.308. The number of hydrogen-bond acceptors (Lipinski definition) is 7. The maximum Gasteiger partial charge on any atom is 0.338 e. The molecule has 1 aromatic heterocycles. The molecule has 30 heavy (non-hydrogen) atoms. The number of ether oxygens (including phenoxy) is 1. The van der Waals surface area contributed by atoms with Crippen molar-refractivity contribution in [1.82, 2.24) is 9.88 Å². The maximum absolute atomic E-state index is 11.3. The number of aromatic nitrogens is 1. The molecule has 0 aliphatic rings. The molecule has 0 saturated heterocycles. The molecule has 0 unspecified atom stereocenters. The number of benzene rings is 2. The molecule has 8 nitrogen and oxygen atoms in total. The maximum atomic E-state index is 11.3. The first-order valence-electron chi connectivity index (χ1n) is 9.59. The highest BCUT2D eigenvalue weighted by Crippen LogP contribution is 2.35. The van der Waals surface area contributed by atoms with Gasteiger partial charge in [-0.2, -0.15) is 0 Å². The Labute approximate surface area is 175 Å². The Balaban J connectivity index is 0.000000214. The van der Waals surface area contributed by atoms with Crippen molar-refractivity contribution < 1.29 is 30.0 Å². The number of phenolic OH excluding ortho intramolecular Hbond substituents is 4. The summed E-state index contributed by atoms with van der Waals surface area (Å²) in [6, 6.07) is 7.63. The number of aromatic amines is 1. The van der Waals surface area contributed by atoms with Crippen molar-refractivity contribution in [3.8, 4) is 23.0 Å². The SMILES string of the molecule is CCCOC(=O)c1cc(O)c(O)c(O)c1.CN(C)CCc1c[nH]c2cccc(O)c12. The van der Waals surface area contributed by atoms with Crippen molar-refractivity contribution in [2.24, 2.45) is 0 Å². The molecule has 0 radical (unpaired) electrons. The summed E-state index contributed by atoms with van der Waals surface area (Å²) in [5.74, 6) is -2.05. The summed E-state index contributed by atoms with van der Waals surface area (Å²) in [5, 5.41) is 38.0. The molecule has 0 aliphatic heterocycles. The van der Waals surface area contributed by atoms with Crippen LogP contribution < -0.4 is 0 Å². The molecule has 0 aliphatic carbocycles. The number of esters is 1. The predicted octanol–water partition coefficient (Wildman–Crippen LogP) is 3.35. The fourth-order valence-corrected chi connectivity index (χ4v) is 2.78. The lowest BCUT2D eigenvalue weighted by Crippen LogP contribution is -2.14. The van der Waals surface area contributed by atoms with E-state index in [1.807, 2.05) is 25.3 Å². The molecular formula is C22H28N2O6. The highest BCUT2D eigenvalue weighted by molar-refractivity contribution is 5.91. The molecule has 2 aromatic carbocycles. The molecule has 162 valence electrons. The van der Waals surface area contributed by atoms with Crippen molar-refractivity contribution in [1.29, 1.82) is 0 Å². The monoisotopic (exact) mass is 416 g/mol. The van der Waals surface area contributed by atoms with Crippen LogP contribution in [0.3, 0.4) is 0 Å². The van der Waals surface area contributed by atoms with Gasteiger partial charge in [0.15, 0.2) is 17.2 Å². The Bertz CT molecular complexity index is 973. The Morgan fingerprint density at radius 1 is 1.07 bits per heavy atom. The standard InChI is InChI=1S/C12H16N2O.C10H12O5/c1-14(2)7-6-9-8-13-10-4-3-5-11(15)12(9)10;1-2-3-15-10(14)6-4-7(11)9(13)8(12)5-6/h3-5,8,13,15H,6-7H2,1-2H3;4-5,11-13H,2-3H2,1H3. The van der Waals surface area contributed by atoms with E-state index in [-0.39, 0.29) is 12.2 Å². The van der Waals surface area contributed by atoms with Gasteiger partial charge in [0, 0.05) is 23.6 Å². The number of phenols is 4. The molecule has 8 heteroatoms. The van der Waals surface area contributed by atoms with E-state index in [9.17, 15) is 9.90 Å². The van der Waals surface area contributed by atoms with E-state index in [0.29, 0.717) is 12.2 Å². The van der Waals surface area contributed by atoms with E-state index < -0.39 is 23.2 Å². The van der Waals surface area contributed by atoms with Crippen LogP contribution in [-0.2, 0) is 11.2 Å². The smallest absolute Gasteiger partial charge is 0.338 e. The molecule has 5 N–H and O–H groups in total. The first-order valence-corrected chi connectivity index (χ1v) is 9.59. The lowest BCUT2D eigenvalue weighted by Gasteiger charge is -2.08. The molecule has 0 saturated carbocycles. The van der Waals surface area contributed by atoms with Crippen molar-refractivity contribution in [2.75, 3.05) is 27.2 Å². The minimum Gasteiger partial charge on any atom is -0.507 e. The van der Waals surface area contributed by atoms with Gasteiger partial charge in [0.05, 0.1) is 12.2 Å². The summed E-state index contributed by atoms with van der Waals surface area (Å²) >= 11 is 0. The number of nitrogens with zero attached hydrogens (tertiary/aromatic N) is 1. The highest BCUT2D eigenvalue weighted by Gasteiger charge is 2.14. The fraction of sp³-hybridized carbons (Fsp3) is 0.318. The number of H-pyrrole nitrogens is 1. The molecule has 3 rings (SSSR count). The summed E-state index contributed by atoms with van der Waals surface area (Å²) in [5.41, 5.74) is 2.18. The minimum atomic E-state index is -0.651. The number of aromatic hydroxyl groups is 4. The van der Waals surface area contributed by atoms with Crippen molar-refractivity contribution in [3.63, 3.8) is 0 Å². The predicted molar refractivity (Wildman–Crippen MR) is 114 cm³/mol. The number of hydrogen-bond donors (Lipinski definition) is 5. The lowest BCUT2D eigenvalue weighted by molar-refractivity contribution is 0.0504. The Morgan fingerprint density at radius 2 is 1.73 bits per heavy atom. The van der Waals surface area contributed by atoms with Gasteiger partial charge in [-0.25, -0.2) is 4.79 Å². The second kappa shape index (κ2) is 10.4. The second-order valence-corrected chi connectivity index (χ2v) is 7.07. The summed E-state index contributed by atoms with van der Waals surface area (Å²) in [6.45, 7) is 3.10. The molecule has 0 amide bonds. The number of nitrogens with one attached hydrogen (secondary N) is 1. The number of fused-ring (bicyclic) bond motifs is 1. The highest BCUT2D eigenvalue weighted by atomic mass is 16.5. The van der Waals surface area contributed by atoms with E-state index in [1.54, 1.807) is 6.07 Å². The zero-order chi connectivity index (χ0) is 22.3. The van der Waals surface area contributed by atoms with E-state index in [1.165, 1.54) is 5.56 Å². The summed E-state index contributed by atoms with van der Waals surface area (Å²) in [4.78, 5) is 16.6. The zero-order valence-electron chi connectivity index (χ0n) is 17.3. The molecule has 1 heterocycles. The molecule has 0 atom stereocenters. The molecule has 0 bridgehead atoms. The average Bonchev–Trinajstić information content (AvgIpc) is 3.13. The zero-order valence-corrected chi connectivity index (χ0v) is 17.3. The number of carbonyl (C=O) groups is 1. The van der Waals surface area contributed by atoms with Gasteiger partial charge in [-0.3, -0.25) is 0 Å². The Kier molecular flexibility index (Phi) is 7.94. The third-order valence-corrected chi connectivity index (χ3v) is 4.34. The first-order chi connectivity index (χ1) is 14.2. The average molecular weight is 416 g/mol. The molecule has 3 aromatic rings. The van der Waals surface area contributed by atoms with Crippen molar-refractivity contribution in [3.05, 3.63) is 47.7 Å². The molecular weight excluding hydrogens is 388 g/mol. The van der Waals surface area contributed by atoms with Gasteiger partial charge >= 0.3 is 5.97 Å². The van der Waals surface area contributed by atoms with Crippen LogP contribution in [0.4, 0.5) is 0 Å². The normalized spacial score (nSPS) is 10.7. The topological polar surface area (TPSA) is 126 Å². The van der Waals surface area contributed by atoms with Gasteiger partial charge in [0.1, 0.15) is 5.75 Å². The van der Waals surface area contributed by atoms with Crippen LogP contribution in [-0.4, -0.2) is 63.5 Å². The van der Waals surface area contributed by atoms with E-state index >= 15 is 0 Å². The molecule has 0 fully saturated rings. The van der Waals surface area contributed by atoms with E-state index in [4.69, 9.17) is 20.1 Å². The van der Waals surface area contributed by atoms with E-state index in [2.05, 4.69) is 24.0 Å². The van der Waals surface area contributed by atoms with Crippen LogP contribution in [0.15, 0.2) is 36.5 Å². The van der Waals surface area contributed by atoms with Gasteiger partial charge in [0.2, 0.25) is 0 Å². The summed E-state index contributed by atoms with van der Waals surface area (Å²) in [6.07, 6.45) is 3.61. The van der Waals surface area contributed by atoms with Crippen LogP contribution in [0.1, 0.15) is 29.3 Å². The summed E-state index contributed by atoms with van der Waals surface area (Å²) in [7, 11) is 4.10. The lowest BCUT2D eigenvalue weighted by atomic mass is 10.1. The largest absolute Gasteiger partial charge is 0.507 e. The van der Waals surface area contributed by atoms with Crippen molar-refractivity contribution >= 4 is 16.9 Å². The Morgan fingerprint density at radius 3 is 2.33 bits per heavy atom. The molecule has 0 spiro atoms. The minimum absolute atomic E-state index is 0.00347.